The van der Waals surface area contributed by atoms with Gasteiger partial charge in [-0.1, -0.05) is 0 Å². The number of benzene rings is 1. The fourth-order valence-corrected chi connectivity index (χ4v) is 2.04. The van der Waals surface area contributed by atoms with Crippen molar-refractivity contribution in [1.29, 1.82) is 0 Å². The van der Waals surface area contributed by atoms with E-state index in [0.717, 1.165) is 0 Å². The van der Waals surface area contributed by atoms with Gasteiger partial charge in [-0.3, -0.25) is 4.21 Å². The molecule has 7 heteroatoms. The summed E-state index contributed by atoms with van der Waals surface area (Å²) in [6, 6.07) is 5.78. The third kappa shape index (κ3) is 3.13. The van der Waals surface area contributed by atoms with Gasteiger partial charge in [-0.2, -0.15) is 0 Å². The number of nitrogens with zero attached hydrogens (tertiary/aromatic N) is 3. The van der Waals surface area contributed by atoms with Gasteiger partial charge in [-0.25, -0.2) is 4.39 Å². The standard InChI is InChI=1S/C11H12FN3O2S/c1-18(16)11-14-13-8-15(11)6-7-17-10-4-2-9(12)3-5-10/h2-5,8H,6-7H2,1H3/t18-/m1/s1. The van der Waals surface area contributed by atoms with Gasteiger partial charge in [0.15, 0.2) is 0 Å². The highest BCUT2D eigenvalue weighted by Crippen LogP contribution is 2.11. The molecule has 1 heterocycles. The number of hydrogen-bond acceptors (Lipinski definition) is 4. The molecular weight excluding hydrogens is 257 g/mol. The van der Waals surface area contributed by atoms with E-state index in [1.54, 1.807) is 23.0 Å². The third-order valence-corrected chi connectivity index (χ3v) is 3.08. The maximum Gasteiger partial charge on any atom is 0.221 e. The number of rotatable bonds is 5. The average Bonchev–Trinajstić information content (AvgIpc) is 2.80. The molecule has 0 aliphatic carbocycles. The molecule has 5 nitrogen and oxygen atoms in total. The van der Waals surface area contributed by atoms with Gasteiger partial charge in [0, 0.05) is 6.26 Å². The maximum atomic E-state index is 12.7. The Morgan fingerprint density at radius 1 is 1.39 bits per heavy atom. The van der Waals surface area contributed by atoms with Gasteiger partial charge in [0.25, 0.3) is 0 Å². The van der Waals surface area contributed by atoms with E-state index in [0.29, 0.717) is 24.1 Å². The Kier molecular flexibility index (Phi) is 4.03. The number of hydrogen-bond donors (Lipinski definition) is 0. The lowest BCUT2D eigenvalue weighted by Crippen LogP contribution is -2.11. The Hall–Kier alpha value is -1.76. The van der Waals surface area contributed by atoms with Crippen LogP contribution in [-0.4, -0.2) is 31.8 Å². The summed E-state index contributed by atoms with van der Waals surface area (Å²) in [4.78, 5) is 0. The Bertz CT molecular complexity index is 541. The van der Waals surface area contributed by atoms with Crippen molar-refractivity contribution in [2.24, 2.45) is 0 Å². The summed E-state index contributed by atoms with van der Waals surface area (Å²) in [6.07, 6.45) is 3.05. The summed E-state index contributed by atoms with van der Waals surface area (Å²) in [7, 11) is -1.18. The van der Waals surface area contributed by atoms with E-state index in [-0.39, 0.29) is 5.82 Å². The zero-order valence-corrected chi connectivity index (χ0v) is 10.6. The molecule has 0 amide bonds. The van der Waals surface area contributed by atoms with Gasteiger partial charge < -0.3 is 9.30 Å². The molecule has 0 bridgehead atoms. The van der Waals surface area contributed by atoms with Crippen molar-refractivity contribution < 1.29 is 13.3 Å². The average molecular weight is 269 g/mol. The van der Waals surface area contributed by atoms with Crippen molar-refractivity contribution in [1.82, 2.24) is 14.8 Å². The molecule has 0 spiro atoms. The minimum Gasteiger partial charge on any atom is -0.492 e. The number of halogens is 1. The van der Waals surface area contributed by atoms with E-state index in [4.69, 9.17) is 4.74 Å². The summed E-state index contributed by atoms with van der Waals surface area (Å²) in [5.74, 6) is 0.286. The highest BCUT2D eigenvalue weighted by Gasteiger charge is 2.07. The number of ether oxygens (including phenoxy) is 1. The summed E-state index contributed by atoms with van der Waals surface area (Å²) >= 11 is 0. The molecule has 2 rings (SSSR count). The van der Waals surface area contributed by atoms with Crippen molar-refractivity contribution in [3.05, 3.63) is 36.4 Å². The first-order valence-electron chi connectivity index (χ1n) is 5.26. The van der Waals surface area contributed by atoms with Crippen LogP contribution in [0.25, 0.3) is 0 Å². The molecule has 0 saturated heterocycles. The van der Waals surface area contributed by atoms with Crippen LogP contribution in [0.15, 0.2) is 35.7 Å². The first-order valence-corrected chi connectivity index (χ1v) is 6.82. The van der Waals surface area contributed by atoms with Gasteiger partial charge in [0.05, 0.1) is 17.3 Å². The Labute approximate surface area is 106 Å². The quantitative estimate of drug-likeness (QED) is 0.819. The minimum atomic E-state index is -1.18. The molecule has 1 aromatic carbocycles. The Morgan fingerprint density at radius 2 is 2.11 bits per heavy atom. The smallest absolute Gasteiger partial charge is 0.221 e. The minimum absolute atomic E-state index is 0.301. The van der Waals surface area contributed by atoms with E-state index in [1.807, 2.05) is 0 Å². The van der Waals surface area contributed by atoms with Crippen LogP contribution < -0.4 is 4.74 Å². The predicted molar refractivity (Wildman–Crippen MR) is 64.2 cm³/mol. The summed E-state index contributed by atoms with van der Waals surface area (Å²) in [5.41, 5.74) is 0. The fraction of sp³-hybridized carbons (Fsp3) is 0.273. The zero-order valence-electron chi connectivity index (χ0n) is 9.75. The highest BCUT2D eigenvalue weighted by molar-refractivity contribution is 7.84. The molecule has 0 unspecified atom stereocenters. The van der Waals surface area contributed by atoms with Crippen LogP contribution >= 0.6 is 0 Å². The van der Waals surface area contributed by atoms with Gasteiger partial charge in [-0.05, 0) is 24.3 Å². The normalized spacial score (nSPS) is 12.3. The molecule has 0 aliphatic rings. The lowest BCUT2D eigenvalue weighted by Gasteiger charge is -2.07. The monoisotopic (exact) mass is 269 g/mol. The van der Waals surface area contributed by atoms with Gasteiger partial charge >= 0.3 is 0 Å². The summed E-state index contributed by atoms with van der Waals surface area (Å²) < 4.78 is 31.1. The molecule has 0 saturated carbocycles. The van der Waals surface area contributed by atoms with E-state index in [2.05, 4.69) is 10.2 Å². The van der Waals surface area contributed by atoms with E-state index < -0.39 is 10.8 Å². The molecule has 0 fully saturated rings. The first kappa shape index (κ1) is 12.7. The van der Waals surface area contributed by atoms with Crippen LogP contribution in [0.5, 0.6) is 5.75 Å². The lowest BCUT2D eigenvalue weighted by atomic mass is 10.3. The summed E-state index contributed by atoms with van der Waals surface area (Å²) in [5, 5.41) is 7.87. The number of aromatic nitrogens is 3. The molecule has 1 atom stereocenters. The second-order valence-corrected chi connectivity index (χ2v) is 4.84. The van der Waals surface area contributed by atoms with Crippen LogP contribution in [-0.2, 0) is 17.3 Å². The second-order valence-electron chi connectivity index (χ2n) is 3.56. The fourth-order valence-electron chi connectivity index (χ4n) is 1.41. The van der Waals surface area contributed by atoms with Crippen molar-refractivity contribution in [3.63, 3.8) is 0 Å². The predicted octanol–water partition coefficient (Wildman–Crippen LogP) is 1.23. The summed E-state index contributed by atoms with van der Waals surface area (Å²) in [6.45, 7) is 0.854. The third-order valence-electron chi connectivity index (χ3n) is 2.25. The van der Waals surface area contributed by atoms with Crippen LogP contribution in [0, 0.1) is 5.82 Å². The van der Waals surface area contributed by atoms with E-state index in [1.165, 1.54) is 18.5 Å². The molecule has 0 aliphatic heterocycles. The maximum absolute atomic E-state index is 12.7. The van der Waals surface area contributed by atoms with E-state index >= 15 is 0 Å². The SMILES string of the molecule is C[S@@](=O)c1nncn1CCOc1ccc(F)cc1. The molecule has 1 aromatic heterocycles. The Morgan fingerprint density at radius 3 is 2.78 bits per heavy atom. The largest absolute Gasteiger partial charge is 0.492 e. The van der Waals surface area contributed by atoms with Crippen LogP contribution in [0.2, 0.25) is 0 Å². The zero-order chi connectivity index (χ0) is 13.0. The van der Waals surface area contributed by atoms with Crippen molar-refractivity contribution in [2.75, 3.05) is 12.9 Å². The molecule has 0 N–H and O–H groups in total. The van der Waals surface area contributed by atoms with Gasteiger partial charge in [-0.15, -0.1) is 10.2 Å². The molecule has 2 aromatic rings. The van der Waals surface area contributed by atoms with Crippen molar-refractivity contribution in [2.45, 2.75) is 11.7 Å². The topological polar surface area (TPSA) is 57.0 Å². The second kappa shape index (κ2) is 5.72. The van der Waals surface area contributed by atoms with Crippen LogP contribution in [0.4, 0.5) is 4.39 Å². The lowest BCUT2D eigenvalue weighted by molar-refractivity contribution is 0.293. The van der Waals surface area contributed by atoms with Crippen molar-refractivity contribution in [3.8, 4) is 5.75 Å². The molecule has 18 heavy (non-hydrogen) atoms. The molecule has 0 radical (unpaired) electrons. The van der Waals surface area contributed by atoms with Crippen LogP contribution in [0.1, 0.15) is 0 Å². The molecule has 96 valence electrons. The van der Waals surface area contributed by atoms with Gasteiger partial charge in [0.1, 0.15) is 24.5 Å². The highest BCUT2D eigenvalue weighted by atomic mass is 32.2. The van der Waals surface area contributed by atoms with Gasteiger partial charge in [0.2, 0.25) is 5.16 Å². The van der Waals surface area contributed by atoms with Crippen LogP contribution in [0.3, 0.4) is 0 Å². The van der Waals surface area contributed by atoms with Crippen molar-refractivity contribution >= 4 is 10.8 Å². The Balaban J connectivity index is 1.90. The molecular formula is C11H12FN3O2S. The first-order chi connectivity index (χ1) is 8.66. The van der Waals surface area contributed by atoms with E-state index in [9.17, 15) is 8.60 Å².